The molecule has 0 fully saturated rings. The minimum Gasteiger partial charge on any atom is -0.378 e. The van der Waals surface area contributed by atoms with Gasteiger partial charge >= 0.3 is 5.69 Å². The van der Waals surface area contributed by atoms with Crippen LogP contribution in [0.25, 0.3) is 22.8 Å². The highest BCUT2D eigenvalue weighted by Gasteiger charge is 2.13. The van der Waals surface area contributed by atoms with Crippen LogP contribution in [0.15, 0.2) is 53.3 Å². The first-order valence-electron chi connectivity index (χ1n) is 9.63. The van der Waals surface area contributed by atoms with Gasteiger partial charge in [0.05, 0.1) is 21.8 Å². The van der Waals surface area contributed by atoms with Crippen molar-refractivity contribution in [3.05, 3.63) is 68.4 Å². The predicted octanol–water partition coefficient (Wildman–Crippen LogP) is 4.36. The third-order valence-corrected chi connectivity index (χ3v) is 5.31. The van der Waals surface area contributed by atoms with E-state index in [1.807, 2.05) is 18.2 Å². The van der Waals surface area contributed by atoms with Gasteiger partial charge in [-0.25, -0.2) is 19.9 Å². The molecule has 0 saturated carbocycles. The molecular formula is C20H17BrClN9O2. The topological polar surface area (TPSA) is 161 Å². The van der Waals surface area contributed by atoms with Gasteiger partial charge in [-0.3, -0.25) is 10.1 Å². The van der Waals surface area contributed by atoms with E-state index in [9.17, 15) is 10.1 Å². The Kier molecular flexibility index (Phi) is 6.66. The van der Waals surface area contributed by atoms with Crippen LogP contribution in [0.3, 0.4) is 0 Å². The van der Waals surface area contributed by atoms with Crippen LogP contribution >= 0.6 is 27.5 Å². The molecule has 0 atom stereocenters. The van der Waals surface area contributed by atoms with Crippen LogP contribution in [0, 0.1) is 10.1 Å². The summed E-state index contributed by atoms with van der Waals surface area (Å²) in [6, 6.07) is 10.2. The maximum absolute atomic E-state index is 10.8. The van der Waals surface area contributed by atoms with E-state index in [-0.39, 0.29) is 11.5 Å². The molecule has 5 N–H and O–H groups in total. The monoisotopic (exact) mass is 529 g/mol. The Morgan fingerprint density at radius 3 is 2.70 bits per heavy atom. The lowest BCUT2D eigenvalue weighted by atomic mass is 10.2. The first-order chi connectivity index (χ1) is 15.9. The van der Waals surface area contributed by atoms with Gasteiger partial charge in [0.15, 0.2) is 5.82 Å². The Bertz CT molecular complexity index is 1310. The number of rotatable bonds is 8. The summed E-state index contributed by atoms with van der Waals surface area (Å²) in [4.78, 5) is 30.5. The van der Waals surface area contributed by atoms with Gasteiger partial charge in [-0.05, 0) is 24.3 Å². The quantitative estimate of drug-likeness (QED) is 0.147. The van der Waals surface area contributed by atoms with Crippen LogP contribution in [0.1, 0.15) is 0 Å². The number of hydrogen-bond donors (Lipinski definition) is 4. The number of nitro groups is 1. The predicted molar refractivity (Wildman–Crippen MR) is 130 cm³/mol. The highest BCUT2D eigenvalue weighted by Crippen LogP contribution is 2.30. The zero-order valence-corrected chi connectivity index (χ0v) is 19.3. The molecule has 1 aromatic carbocycles. The SMILES string of the molecule is Nc1nc(NCCNc2nccc(-c3ncc(-c4ccc(Br)cc4Cl)[nH]3)n2)ccc1[N+](=O)[O-]. The second-order valence-electron chi connectivity index (χ2n) is 6.75. The summed E-state index contributed by atoms with van der Waals surface area (Å²) in [6.07, 6.45) is 3.33. The van der Waals surface area contributed by atoms with Crippen molar-refractivity contribution in [1.82, 2.24) is 24.9 Å². The van der Waals surface area contributed by atoms with E-state index in [1.54, 1.807) is 18.5 Å². The molecule has 0 aliphatic carbocycles. The van der Waals surface area contributed by atoms with Crippen LogP contribution in [0.4, 0.5) is 23.3 Å². The van der Waals surface area contributed by atoms with Gasteiger partial charge in [0, 0.05) is 35.4 Å². The lowest BCUT2D eigenvalue weighted by Gasteiger charge is -2.08. The molecule has 33 heavy (non-hydrogen) atoms. The highest BCUT2D eigenvalue weighted by atomic mass is 79.9. The van der Waals surface area contributed by atoms with E-state index >= 15 is 0 Å². The minimum atomic E-state index is -0.576. The molecule has 3 aromatic heterocycles. The maximum atomic E-state index is 10.8. The molecule has 4 aromatic rings. The van der Waals surface area contributed by atoms with Gasteiger partial charge in [0.25, 0.3) is 0 Å². The van der Waals surface area contributed by atoms with Gasteiger partial charge in [0.2, 0.25) is 11.8 Å². The molecule has 0 spiro atoms. The number of aromatic nitrogens is 5. The number of benzene rings is 1. The fraction of sp³-hybridized carbons (Fsp3) is 0.100. The molecule has 0 aliphatic heterocycles. The Morgan fingerprint density at radius 1 is 1.12 bits per heavy atom. The smallest absolute Gasteiger partial charge is 0.311 e. The van der Waals surface area contributed by atoms with Crippen LogP contribution in [0.5, 0.6) is 0 Å². The Hall–Kier alpha value is -3.77. The molecule has 4 rings (SSSR count). The molecule has 11 nitrogen and oxygen atoms in total. The van der Waals surface area contributed by atoms with Crippen molar-refractivity contribution in [3.8, 4) is 22.8 Å². The third-order valence-electron chi connectivity index (χ3n) is 4.51. The number of hydrogen-bond acceptors (Lipinski definition) is 9. The number of imidazole rings is 1. The van der Waals surface area contributed by atoms with Crippen molar-refractivity contribution >= 4 is 50.8 Å². The van der Waals surface area contributed by atoms with Gasteiger partial charge < -0.3 is 21.4 Å². The average Bonchev–Trinajstić information content (AvgIpc) is 3.27. The number of nitrogen functional groups attached to an aromatic ring is 1. The third kappa shape index (κ3) is 5.35. The van der Waals surface area contributed by atoms with Crippen LogP contribution in [-0.4, -0.2) is 42.9 Å². The van der Waals surface area contributed by atoms with Gasteiger partial charge in [-0.1, -0.05) is 33.6 Å². The normalized spacial score (nSPS) is 10.7. The highest BCUT2D eigenvalue weighted by molar-refractivity contribution is 9.10. The number of H-pyrrole nitrogens is 1. The van der Waals surface area contributed by atoms with Crippen LogP contribution < -0.4 is 16.4 Å². The zero-order valence-electron chi connectivity index (χ0n) is 16.9. The summed E-state index contributed by atoms with van der Waals surface area (Å²) in [5.74, 6) is 1.30. The molecule has 13 heteroatoms. The van der Waals surface area contributed by atoms with E-state index in [0.29, 0.717) is 41.4 Å². The number of pyridine rings is 1. The molecule has 0 aliphatic rings. The summed E-state index contributed by atoms with van der Waals surface area (Å²) in [7, 11) is 0. The second-order valence-corrected chi connectivity index (χ2v) is 8.07. The summed E-state index contributed by atoms with van der Waals surface area (Å²) in [6.45, 7) is 0.935. The first kappa shape index (κ1) is 22.4. The van der Waals surface area contributed by atoms with Crippen molar-refractivity contribution in [2.45, 2.75) is 0 Å². The Morgan fingerprint density at radius 2 is 1.94 bits per heavy atom. The fourth-order valence-electron chi connectivity index (χ4n) is 2.96. The Balaban J connectivity index is 1.37. The maximum Gasteiger partial charge on any atom is 0.311 e. The molecule has 0 bridgehead atoms. The van der Waals surface area contributed by atoms with Crippen molar-refractivity contribution in [2.24, 2.45) is 0 Å². The largest absolute Gasteiger partial charge is 0.378 e. The summed E-state index contributed by atoms with van der Waals surface area (Å²) >= 11 is 9.73. The van der Waals surface area contributed by atoms with Crippen molar-refractivity contribution < 1.29 is 4.92 Å². The summed E-state index contributed by atoms with van der Waals surface area (Å²) < 4.78 is 0.893. The molecule has 0 amide bonds. The molecule has 3 heterocycles. The molecule has 168 valence electrons. The fourth-order valence-corrected chi connectivity index (χ4v) is 3.73. The number of anilines is 3. The molecule has 0 radical (unpaired) electrons. The van der Waals surface area contributed by atoms with Gasteiger partial charge in [-0.2, -0.15) is 0 Å². The zero-order chi connectivity index (χ0) is 23.4. The van der Waals surface area contributed by atoms with Crippen molar-refractivity contribution in [1.29, 1.82) is 0 Å². The van der Waals surface area contributed by atoms with Crippen molar-refractivity contribution in [3.63, 3.8) is 0 Å². The van der Waals surface area contributed by atoms with E-state index in [4.69, 9.17) is 17.3 Å². The molecule has 0 unspecified atom stereocenters. The lowest BCUT2D eigenvalue weighted by Crippen LogP contribution is -2.16. The van der Waals surface area contributed by atoms with Crippen LogP contribution in [-0.2, 0) is 0 Å². The summed E-state index contributed by atoms with van der Waals surface area (Å²) in [5.41, 5.74) is 7.59. The van der Waals surface area contributed by atoms with E-state index in [0.717, 1.165) is 15.7 Å². The van der Waals surface area contributed by atoms with Gasteiger partial charge in [-0.15, -0.1) is 0 Å². The standard InChI is InChI=1S/C20H17BrClN9O2/c21-11-1-2-12(13(22)9-11)15-10-27-19(28-15)14-5-6-25-20(29-14)26-8-7-24-17-4-3-16(31(32)33)18(23)30-17/h1-6,9-10H,7-8H2,(H,27,28)(H3,23,24,30)(H,25,26,29). The van der Waals surface area contributed by atoms with E-state index in [1.165, 1.54) is 12.1 Å². The molecular weight excluding hydrogens is 514 g/mol. The number of nitrogens with two attached hydrogens (primary N) is 1. The minimum absolute atomic E-state index is 0.142. The average molecular weight is 531 g/mol. The number of nitrogens with one attached hydrogen (secondary N) is 3. The van der Waals surface area contributed by atoms with Gasteiger partial charge in [0.1, 0.15) is 11.5 Å². The Labute approximate surface area is 201 Å². The lowest BCUT2D eigenvalue weighted by molar-refractivity contribution is -0.384. The number of halogens is 2. The van der Waals surface area contributed by atoms with Crippen molar-refractivity contribution in [2.75, 3.05) is 29.5 Å². The van der Waals surface area contributed by atoms with Crippen LogP contribution in [0.2, 0.25) is 5.02 Å². The number of aromatic amines is 1. The van der Waals surface area contributed by atoms with E-state index in [2.05, 4.69) is 51.5 Å². The molecule has 0 saturated heterocycles. The van der Waals surface area contributed by atoms with E-state index < -0.39 is 4.92 Å². The summed E-state index contributed by atoms with van der Waals surface area (Å²) in [5, 5.41) is 17.5. The number of nitrogens with zero attached hydrogens (tertiary/aromatic N) is 5. The second kappa shape index (κ2) is 9.79. The first-order valence-corrected chi connectivity index (χ1v) is 10.8.